The van der Waals surface area contributed by atoms with Crippen molar-refractivity contribution in [3.05, 3.63) is 0 Å². The fraction of sp³-hybridized carbons (Fsp3) is 1.00. The summed E-state index contributed by atoms with van der Waals surface area (Å²) in [6, 6.07) is 0. The maximum Gasteiger partial charge on any atom is -0.0409 e. The fourth-order valence-electron chi connectivity index (χ4n) is 3.44. The SMILES string of the molecule is CC(CCC(C)C(C)C)CC1CCC(C)C(C)C1. The molecule has 0 amide bonds. The molecule has 0 radical (unpaired) electrons. The van der Waals surface area contributed by atoms with Crippen molar-refractivity contribution in [1.29, 1.82) is 0 Å². The molecule has 0 N–H and O–H groups in total. The number of hydrogen-bond acceptors (Lipinski definition) is 0. The van der Waals surface area contributed by atoms with Crippen LogP contribution in [0.1, 0.15) is 80.1 Å². The van der Waals surface area contributed by atoms with Gasteiger partial charge in [-0.25, -0.2) is 0 Å². The molecule has 108 valence electrons. The van der Waals surface area contributed by atoms with Crippen LogP contribution in [-0.4, -0.2) is 0 Å². The second kappa shape index (κ2) is 7.56. The van der Waals surface area contributed by atoms with Gasteiger partial charge < -0.3 is 0 Å². The molecule has 0 spiro atoms. The van der Waals surface area contributed by atoms with Gasteiger partial charge >= 0.3 is 0 Å². The standard InChI is InChI=1S/C18H36/c1-13(2)15(4)8-7-14(3)11-18-10-9-16(5)17(6)12-18/h13-18H,7-12H2,1-6H3. The summed E-state index contributed by atoms with van der Waals surface area (Å²) < 4.78 is 0. The van der Waals surface area contributed by atoms with Crippen molar-refractivity contribution in [2.45, 2.75) is 80.1 Å². The highest BCUT2D eigenvalue weighted by Gasteiger charge is 2.25. The average Bonchev–Trinajstić information content (AvgIpc) is 2.30. The lowest BCUT2D eigenvalue weighted by molar-refractivity contribution is 0.180. The van der Waals surface area contributed by atoms with E-state index in [4.69, 9.17) is 0 Å². The van der Waals surface area contributed by atoms with Crippen molar-refractivity contribution in [2.75, 3.05) is 0 Å². The molecule has 0 heterocycles. The van der Waals surface area contributed by atoms with Gasteiger partial charge in [0, 0.05) is 0 Å². The Labute approximate surface area is 116 Å². The van der Waals surface area contributed by atoms with Crippen molar-refractivity contribution < 1.29 is 0 Å². The highest BCUT2D eigenvalue weighted by molar-refractivity contribution is 4.76. The quantitative estimate of drug-likeness (QED) is 0.531. The summed E-state index contributed by atoms with van der Waals surface area (Å²) in [4.78, 5) is 0. The number of hydrogen-bond donors (Lipinski definition) is 0. The normalized spacial score (nSPS) is 32.5. The molecule has 0 aromatic heterocycles. The third-order valence-electron chi connectivity index (χ3n) is 5.70. The molecule has 1 aliphatic rings. The van der Waals surface area contributed by atoms with Gasteiger partial charge in [-0.3, -0.25) is 0 Å². The Morgan fingerprint density at radius 1 is 0.889 bits per heavy atom. The highest BCUT2D eigenvalue weighted by atomic mass is 14.3. The molecular formula is C18H36. The second-order valence-corrected chi connectivity index (χ2v) is 7.77. The summed E-state index contributed by atoms with van der Waals surface area (Å²) in [7, 11) is 0. The highest BCUT2D eigenvalue weighted by Crippen LogP contribution is 2.37. The van der Waals surface area contributed by atoms with E-state index in [0.717, 1.165) is 35.5 Å². The van der Waals surface area contributed by atoms with E-state index in [0.29, 0.717) is 0 Å². The van der Waals surface area contributed by atoms with E-state index in [1.54, 1.807) is 0 Å². The van der Waals surface area contributed by atoms with E-state index in [9.17, 15) is 0 Å². The molecule has 0 aromatic carbocycles. The van der Waals surface area contributed by atoms with Gasteiger partial charge in [0.2, 0.25) is 0 Å². The first kappa shape index (κ1) is 16.1. The fourth-order valence-corrected chi connectivity index (χ4v) is 3.44. The van der Waals surface area contributed by atoms with Crippen molar-refractivity contribution >= 4 is 0 Å². The zero-order valence-electron chi connectivity index (χ0n) is 13.7. The Morgan fingerprint density at radius 2 is 1.56 bits per heavy atom. The average molecular weight is 252 g/mol. The lowest BCUT2D eigenvalue weighted by Gasteiger charge is -2.33. The van der Waals surface area contributed by atoms with E-state index in [2.05, 4.69) is 41.5 Å². The molecule has 1 saturated carbocycles. The molecule has 18 heavy (non-hydrogen) atoms. The zero-order valence-corrected chi connectivity index (χ0v) is 13.7. The minimum Gasteiger partial charge on any atom is -0.0625 e. The van der Waals surface area contributed by atoms with Crippen LogP contribution in [0.4, 0.5) is 0 Å². The largest absolute Gasteiger partial charge is 0.0625 e. The minimum absolute atomic E-state index is 0.854. The van der Waals surface area contributed by atoms with E-state index in [1.807, 2.05) is 0 Å². The smallest absolute Gasteiger partial charge is 0.0409 e. The molecule has 1 aliphatic carbocycles. The predicted octanol–water partition coefficient (Wildman–Crippen LogP) is 6.16. The van der Waals surface area contributed by atoms with Gasteiger partial charge in [-0.05, 0) is 48.3 Å². The maximum absolute atomic E-state index is 2.48. The van der Waals surface area contributed by atoms with Gasteiger partial charge in [-0.15, -0.1) is 0 Å². The van der Waals surface area contributed by atoms with Crippen LogP contribution in [0.3, 0.4) is 0 Å². The minimum atomic E-state index is 0.854. The van der Waals surface area contributed by atoms with Gasteiger partial charge in [-0.2, -0.15) is 0 Å². The van der Waals surface area contributed by atoms with Gasteiger partial charge in [0.1, 0.15) is 0 Å². The van der Waals surface area contributed by atoms with Gasteiger partial charge in [-0.1, -0.05) is 67.2 Å². The predicted molar refractivity (Wildman–Crippen MR) is 82.7 cm³/mol. The Hall–Kier alpha value is 0. The van der Waals surface area contributed by atoms with Crippen LogP contribution < -0.4 is 0 Å². The van der Waals surface area contributed by atoms with Crippen LogP contribution in [0.2, 0.25) is 0 Å². The molecule has 5 unspecified atom stereocenters. The van der Waals surface area contributed by atoms with Crippen LogP contribution in [0, 0.1) is 35.5 Å². The third-order valence-corrected chi connectivity index (χ3v) is 5.70. The molecule has 0 nitrogen and oxygen atoms in total. The van der Waals surface area contributed by atoms with E-state index >= 15 is 0 Å². The lowest BCUT2D eigenvalue weighted by atomic mass is 9.72. The Bertz CT molecular complexity index is 218. The van der Waals surface area contributed by atoms with Crippen LogP contribution in [0.5, 0.6) is 0 Å². The second-order valence-electron chi connectivity index (χ2n) is 7.77. The van der Waals surface area contributed by atoms with E-state index < -0.39 is 0 Å². The summed E-state index contributed by atoms with van der Waals surface area (Å²) in [6.07, 6.45) is 8.82. The molecule has 1 rings (SSSR count). The van der Waals surface area contributed by atoms with Gasteiger partial charge in [0.25, 0.3) is 0 Å². The Morgan fingerprint density at radius 3 is 2.11 bits per heavy atom. The molecule has 0 bridgehead atoms. The lowest BCUT2D eigenvalue weighted by Crippen LogP contribution is -2.22. The molecule has 0 aliphatic heterocycles. The van der Waals surface area contributed by atoms with Crippen LogP contribution in [0.25, 0.3) is 0 Å². The Kier molecular flexibility index (Phi) is 6.74. The summed E-state index contributed by atoms with van der Waals surface area (Å²) in [5, 5.41) is 0. The summed E-state index contributed by atoms with van der Waals surface area (Å²) in [5.74, 6) is 5.66. The van der Waals surface area contributed by atoms with E-state index in [-0.39, 0.29) is 0 Å². The molecule has 1 fully saturated rings. The number of rotatable bonds is 6. The zero-order chi connectivity index (χ0) is 13.7. The summed E-state index contributed by atoms with van der Waals surface area (Å²) in [5.41, 5.74) is 0. The van der Waals surface area contributed by atoms with Crippen molar-refractivity contribution in [3.63, 3.8) is 0 Å². The van der Waals surface area contributed by atoms with Crippen LogP contribution >= 0.6 is 0 Å². The molecule has 0 saturated heterocycles. The summed E-state index contributed by atoms with van der Waals surface area (Å²) >= 11 is 0. The molecular weight excluding hydrogens is 216 g/mol. The first-order valence-corrected chi connectivity index (χ1v) is 8.40. The third kappa shape index (κ3) is 5.33. The van der Waals surface area contributed by atoms with Crippen LogP contribution in [0.15, 0.2) is 0 Å². The van der Waals surface area contributed by atoms with E-state index in [1.165, 1.54) is 38.5 Å². The first-order chi connectivity index (χ1) is 8.40. The Balaban J connectivity index is 2.22. The van der Waals surface area contributed by atoms with Crippen molar-refractivity contribution in [1.82, 2.24) is 0 Å². The summed E-state index contributed by atoms with van der Waals surface area (Å²) in [6.45, 7) is 14.5. The topological polar surface area (TPSA) is 0 Å². The molecule has 0 heteroatoms. The van der Waals surface area contributed by atoms with Gasteiger partial charge in [0.05, 0.1) is 0 Å². The van der Waals surface area contributed by atoms with Gasteiger partial charge in [0.15, 0.2) is 0 Å². The first-order valence-electron chi connectivity index (χ1n) is 8.40. The molecule has 0 aromatic rings. The van der Waals surface area contributed by atoms with Crippen molar-refractivity contribution in [2.24, 2.45) is 35.5 Å². The van der Waals surface area contributed by atoms with Crippen LogP contribution in [-0.2, 0) is 0 Å². The molecule has 5 atom stereocenters. The maximum atomic E-state index is 2.48. The van der Waals surface area contributed by atoms with Crippen molar-refractivity contribution in [3.8, 4) is 0 Å². The monoisotopic (exact) mass is 252 g/mol.